The Labute approximate surface area is 227 Å². The van der Waals surface area contributed by atoms with Gasteiger partial charge in [-0.05, 0) is 48.9 Å². The van der Waals surface area contributed by atoms with Crippen molar-refractivity contribution in [1.29, 1.82) is 0 Å². The van der Waals surface area contributed by atoms with Crippen LogP contribution < -0.4 is 0 Å². The second-order valence-electron chi connectivity index (χ2n) is 9.41. The third-order valence-corrected chi connectivity index (χ3v) is 6.51. The van der Waals surface area contributed by atoms with Crippen molar-refractivity contribution in [3.05, 3.63) is 95.2 Å². The second-order valence-corrected chi connectivity index (χ2v) is 9.41. The van der Waals surface area contributed by atoms with Crippen LogP contribution in [0.15, 0.2) is 71.5 Å². The predicted octanol–water partition coefficient (Wildman–Crippen LogP) is 3.41. The van der Waals surface area contributed by atoms with Gasteiger partial charge in [0.15, 0.2) is 11.9 Å². The quantitative estimate of drug-likeness (QED) is 0.289. The SMILES string of the molecule is COC(=O)C1CN(Cc2ccc(C#Cc3ccc(-c4cc(Cn5ccnc5C(C)O)no4)cc3)cc2)CCO1. The van der Waals surface area contributed by atoms with Crippen molar-refractivity contribution in [2.24, 2.45) is 0 Å². The molecule has 39 heavy (non-hydrogen) atoms. The minimum absolute atomic E-state index is 0.332. The van der Waals surface area contributed by atoms with E-state index in [9.17, 15) is 9.90 Å². The molecule has 0 spiro atoms. The molecule has 0 radical (unpaired) electrons. The van der Waals surface area contributed by atoms with Crippen LogP contribution in [0.3, 0.4) is 0 Å². The molecule has 2 aromatic heterocycles. The van der Waals surface area contributed by atoms with Gasteiger partial charge in [-0.15, -0.1) is 0 Å². The first-order valence-corrected chi connectivity index (χ1v) is 12.8. The highest BCUT2D eigenvalue weighted by Gasteiger charge is 2.27. The van der Waals surface area contributed by atoms with Gasteiger partial charge in [-0.2, -0.15) is 0 Å². The number of nitrogens with zero attached hydrogens (tertiary/aromatic N) is 4. The molecule has 2 aromatic carbocycles. The summed E-state index contributed by atoms with van der Waals surface area (Å²) in [6.45, 7) is 4.69. The molecule has 9 heteroatoms. The van der Waals surface area contributed by atoms with E-state index in [0.29, 0.717) is 31.3 Å². The summed E-state index contributed by atoms with van der Waals surface area (Å²) in [5, 5.41) is 14.0. The normalized spacial score (nSPS) is 16.3. The Morgan fingerprint density at radius 1 is 1.13 bits per heavy atom. The lowest BCUT2D eigenvalue weighted by atomic mass is 10.1. The Bertz CT molecular complexity index is 1460. The minimum Gasteiger partial charge on any atom is -0.467 e. The van der Waals surface area contributed by atoms with Crippen molar-refractivity contribution in [1.82, 2.24) is 19.6 Å². The van der Waals surface area contributed by atoms with Crippen LogP contribution >= 0.6 is 0 Å². The number of morpholine rings is 1. The van der Waals surface area contributed by atoms with Crippen LogP contribution in [-0.2, 0) is 27.4 Å². The summed E-state index contributed by atoms with van der Waals surface area (Å²) in [6.07, 6.45) is 2.28. The number of imidazole rings is 1. The average Bonchev–Trinajstić information content (AvgIpc) is 3.63. The minimum atomic E-state index is -0.657. The summed E-state index contributed by atoms with van der Waals surface area (Å²) in [7, 11) is 1.38. The number of carbonyl (C=O) groups excluding carboxylic acids is 1. The molecule has 0 saturated carbocycles. The van der Waals surface area contributed by atoms with E-state index in [-0.39, 0.29) is 5.97 Å². The molecular formula is C30H30N4O5. The van der Waals surface area contributed by atoms with Crippen LogP contribution in [0.5, 0.6) is 0 Å². The number of methoxy groups -OCH3 is 1. The topological polar surface area (TPSA) is 103 Å². The summed E-state index contributed by atoms with van der Waals surface area (Å²) in [5.74, 6) is 7.34. The van der Waals surface area contributed by atoms with Gasteiger partial charge in [0, 0.05) is 54.8 Å². The van der Waals surface area contributed by atoms with Crippen LogP contribution in [0.4, 0.5) is 0 Å². The molecule has 9 nitrogen and oxygen atoms in total. The summed E-state index contributed by atoms with van der Waals surface area (Å²) in [4.78, 5) is 18.1. The number of hydrogen-bond donors (Lipinski definition) is 1. The molecule has 5 rings (SSSR count). The molecule has 1 saturated heterocycles. The Hall–Kier alpha value is -4.23. The van der Waals surface area contributed by atoms with E-state index in [1.54, 1.807) is 13.1 Å². The molecule has 1 aliphatic rings. The fourth-order valence-corrected chi connectivity index (χ4v) is 4.45. The third kappa shape index (κ3) is 6.62. The van der Waals surface area contributed by atoms with Crippen molar-refractivity contribution in [2.75, 3.05) is 26.8 Å². The summed E-state index contributed by atoms with van der Waals surface area (Å²) in [5.41, 5.74) is 4.62. The molecule has 200 valence electrons. The summed E-state index contributed by atoms with van der Waals surface area (Å²) < 4.78 is 17.7. The Morgan fingerprint density at radius 3 is 2.54 bits per heavy atom. The largest absolute Gasteiger partial charge is 0.467 e. The van der Waals surface area contributed by atoms with Gasteiger partial charge in [0.2, 0.25) is 0 Å². The van der Waals surface area contributed by atoms with Crippen molar-refractivity contribution < 1.29 is 23.9 Å². The fraction of sp³-hybridized carbons (Fsp3) is 0.300. The standard InChI is InChI=1S/C30H30N4O5/c1-21(35)29-31-13-14-34(29)19-26-17-27(39-32-26)25-11-9-23(10-12-25)4-3-22-5-7-24(8-6-22)18-33-15-16-38-28(20-33)30(36)37-2/h5-14,17,21,28,35H,15-16,18-20H2,1-2H3. The maximum atomic E-state index is 11.8. The molecule has 1 aliphatic heterocycles. The van der Waals surface area contributed by atoms with Crippen LogP contribution in [0, 0.1) is 11.8 Å². The maximum absolute atomic E-state index is 11.8. The molecule has 4 aromatic rings. The fourth-order valence-electron chi connectivity index (χ4n) is 4.45. The number of aliphatic hydroxyl groups excluding tert-OH is 1. The van der Waals surface area contributed by atoms with Crippen molar-refractivity contribution in [3.8, 4) is 23.2 Å². The third-order valence-electron chi connectivity index (χ3n) is 6.51. The second kappa shape index (κ2) is 12.1. The number of esters is 1. The van der Waals surface area contributed by atoms with E-state index >= 15 is 0 Å². The molecule has 1 N–H and O–H groups in total. The van der Waals surface area contributed by atoms with Gasteiger partial charge in [-0.3, -0.25) is 4.90 Å². The van der Waals surface area contributed by atoms with E-state index in [0.717, 1.165) is 41.0 Å². The zero-order valence-corrected chi connectivity index (χ0v) is 21.9. The highest BCUT2D eigenvalue weighted by molar-refractivity contribution is 5.74. The summed E-state index contributed by atoms with van der Waals surface area (Å²) >= 11 is 0. The average molecular weight is 527 g/mol. The van der Waals surface area contributed by atoms with Gasteiger partial charge in [-0.25, -0.2) is 9.78 Å². The van der Waals surface area contributed by atoms with Crippen molar-refractivity contribution >= 4 is 5.97 Å². The molecule has 3 heterocycles. The predicted molar refractivity (Wildman–Crippen MR) is 143 cm³/mol. The van der Waals surface area contributed by atoms with E-state index in [2.05, 4.69) is 39.0 Å². The lowest BCUT2D eigenvalue weighted by Gasteiger charge is -2.31. The zero-order valence-electron chi connectivity index (χ0n) is 21.9. The number of hydrogen-bond acceptors (Lipinski definition) is 8. The Balaban J connectivity index is 1.17. The molecule has 0 aliphatic carbocycles. The zero-order chi connectivity index (χ0) is 27.2. The van der Waals surface area contributed by atoms with Gasteiger partial charge in [-0.1, -0.05) is 29.1 Å². The van der Waals surface area contributed by atoms with Gasteiger partial charge in [0.25, 0.3) is 0 Å². The number of ether oxygens (including phenoxy) is 2. The number of rotatable bonds is 7. The molecule has 0 bridgehead atoms. The Kier molecular flexibility index (Phi) is 8.18. The van der Waals surface area contributed by atoms with Crippen LogP contribution in [0.2, 0.25) is 0 Å². The highest BCUT2D eigenvalue weighted by Crippen LogP contribution is 2.22. The number of aliphatic hydroxyl groups is 1. The number of aromatic nitrogens is 3. The van der Waals surface area contributed by atoms with Crippen molar-refractivity contribution in [3.63, 3.8) is 0 Å². The summed E-state index contributed by atoms with van der Waals surface area (Å²) in [6, 6.07) is 17.9. The molecule has 0 amide bonds. The van der Waals surface area contributed by atoms with E-state index in [1.807, 2.05) is 53.2 Å². The van der Waals surface area contributed by atoms with Gasteiger partial charge in [0.05, 0.1) is 20.3 Å². The highest BCUT2D eigenvalue weighted by atomic mass is 16.6. The molecular weight excluding hydrogens is 496 g/mol. The maximum Gasteiger partial charge on any atom is 0.336 e. The Morgan fingerprint density at radius 2 is 1.85 bits per heavy atom. The smallest absolute Gasteiger partial charge is 0.336 e. The lowest BCUT2D eigenvalue weighted by molar-refractivity contribution is -0.160. The first kappa shape index (κ1) is 26.4. The van der Waals surface area contributed by atoms with E-state index in [1.165, 1.54) is 7.11 Å². The monoisotopic (exact) mass is 526 g/mol. The van der Waals surface area contributed by atoms with Gasteiger partial charge >= 0.3 is 5.97 Å². The van der Waals surface area contributed by atoms with Crippen LogP contribution in [-0.4, -0.2) is 63.6 Å². The van der Waals surface area contributed by atoms with E-state index < -0.39 is 12.2 Å². The molecule has 1 fully saturated rings. The molecule has 2 atom stereocenters. The van der Waals surface area contributed by atoms with Crippen molar-refractivity contribution in [2.45, 2.75) is 32.2 Å². The number of carbonyl (C=O) groups is 1. The lowest BCUT2D eigenvalue weighted by Crippen LogP contribution is -2.46. The first-order chi connectivity index (χ1) is 19.0. The van der Waals surface area contributed by atoms with Gasteiger partial charge in [0.1, 0.15) is 17.6 Å². The number of benzene rings is 2. The van der Waals surface area contributed by atoms with Gasteiger partial charge < -0.3 is 23.7 Å². The van der Waals surface area contributed by atoms with Crippen LogP contribution in [0.25, 0.3) is 11.3 Å². The molecule has 2 unspecified atom stereocenters. The first-order valence-electron chi connectivity index (χ1n) is 12.8. The van der Waals surface area contributed by atoms with E-state index in [4.69, 9.17) is 14.0 Å². The van der Waals surface area contributed by atoms with Crippen LogP contribution in [0.1, 0.15) is 41.2 Å².